The minimum atomic E-state index is 0.670. The highest BCUT2D eigenvalue weighted by molar-refractivity contribution is 14.1. The molecule has 1 aromatic carbocycles. The van der Waals surface area contributed by atoms with E-state index in [1.807, 2.05) is 24.3 Å². The van der Waals surface area contributed by atoms with Crippen molar-refractivity contribution in [1.82, 2.24) is 0 Å². The zero-order chi connectivity index (χ0) is 9.68. The summed E-state index contributed by atoms with van der Waals surface area (Å²) in [5, 5.41) is 8.75. The fourth-order valence-electron chi connectivity index (χ4n) is 0.923. The summed E-state index contributed by atoms with van der Waals surface area (Å²) in [6.07, 6.45) is 0. The van der Waals surface area contributed by atoms with Crippen LogP contribution in [0.1, 0.15) is 5.56 Å². The molecule has 0 aromatic heterocycles. The summed E-state index contributed by atoms with van der Waals surface area (Å²) < 4.78 is 6.78. The predicted octanol–water partition coefficient (Wildman–Crippen LogP) is 2.99. The van der Waals surface area contributed by atoms with Crippen molar-refractivity contribution in [2.24, 2.45) is 0 Å². The fraction of sp³-hybridized carbons (Fsp3) is 0.100. The van der Waals surface area contributed by atoms with Gasteiger partial charge in [0.05, 0.1) is 12.7 Å². The van der Waals surface area contributed by atoms with E-state index in [2.05, 4.69) is 28.7 Å². The summed E-state index contributed by atoms with van der Waals surface area (Å²) in [5.74, 6) is 0.800. The van der Waals surface area contributed by atoms with Crippen LogP contribution in [0.15, 0.2) is 28.3 Å². The van der Waals surface area contributed by atoms with Crippen LogP contribution >= 0.6 is 22.6 Å². The zero-order valence-corrected chi connectivity index (χ0v) is 9.28. The van der Waals surface area contributed by atoms with Crippen LogP contribution in [0.2, 0.25) is 0 Å². The van der Waals surface area contributed by atoms with Crippen molar-refractivity contribution in [2.45, 2.75) is 0 Å². The quantitative estimate of drug-likeness (QED) is 0.618. The van der Waals surface area contributed by atoms with Crippen LogP contribution in [0.4, 0.5) is 0 Å². The van der Waals surface area contributed by atoms with Crippen LogP contribution in [-0.4, -0.2) is 7.11 Å². The number of rotatable bonds is 2. The maximum absolute atomic E-state index is 8.75. The lowest BCUT2D eigenvalue weighted by atomic mass is 10.1. The fourth-order valence-corrected chi connectivity index (χ4v) is 1.42. The molecule has 0 N–H and O–H groups in total. The first-order valence-corrected chi connectivity index (χ1v) is 4.91. The molecule has 1 rings (SSSR count). The molecule has 0 fully saturated rings. The molecule has 0 spiro atoms. The van der Waals surface area contributed by atoms with Crippen molar-refractivity contribution in [3.63, 3.8) is 0 Å². The summed E-state index contributed by atoms with van der Waals surface area (Å²) >= 11 is 2.06. The number of nitriles is 1. The van der Waals surface area contributed by atoms with Crippen molar-refractivity contribution in [3.05, 3.63) is 33.9 Å². The molecule has 0 bridgehead atoms. The molecule has 0 atom stereocenters. The van der Waals surface area contributed by atoms with E-state index in [4.69, 9.17) is 10.00 Å². The topological polar surface area (TPSA) is 33.0 Å². The second-order valence-corrected chi connectivity index (χ2v) is 2.99. The van der Waals surface area contributed by atoms with Crippen molar-refractivity contribution < 1.29 is 4.74 Å². The van der Waals surface area contributed by atoms with Crippen LogP contribution in [-0.2, 0) is 0 Å². The van der Waals surface area contributed by atoms with Gasteiger partial charge in [-0.1, -0.05) is 22.6 Å². The van der Waals surface area contributed by atoms with Gasteiger partial charge in [0, 0.05) is 0 Å². The number of allylic oxidation sites excluding steroid dienone is 1. The van der Waals surface area contributed by atoms with Gasteiger partial charge in [0.1, 0.15) is 11.8 Å². The third-order valence-corrected chi connectivity index (χ3v) is 2.25. The van der Waals surface area contributed by atoms with Crippen molar-refractivity contribution in [1.29, 1.82) is 5.26 Å². The summed E-state index contributed by atoms with van der Waals surface area (Å²) in [4.78, 5) is 0. The average molecular weight is 285 g/mol. The minimum Gasteiger partial charge on any atom is -0.497 e. The molecule has 66 valence electrons. The molecule has 0 saturated heterocycles. The Morgan fingerprint density at radius 3 is 2.46 bits per heavy atom. The van der Waals surface area contributed by atoms with E-state index < -0.39 is 0 Å². The van der Waals surface area contributed by atoms with E-state index in [0.717, 1.165) is 11.3 Å². The van der Waals surface area contributed by atoms with Gasteiger partial charge in [0.25, 0.3) is 0 Å². The van der Waals surface area contributed by atoms with Gasteiger partial charge in [-0.25, -0.2) is 0 Å². The Bertz CT molecular complexity index is 348. The Morgan fingerprint density at radius 2 is 2.08 bits per heavy atom. The van der Waals surface area contributed by atoms with E-state index in [0.29, 0.717) is 5.57 Å². The Hall–Kier alpha value is -1.02. The predicted molar refractivity (Wildman–Crippen MR) is 60.6 cm³/mol. The molecule has 1 aromatic rings. The first kappa shape index (κ1) is 10.1. The smallest absolute Gasteiger partial charge is 0.118 e. The number of methoxy groups -OCH3 is 1. The van der Waals surface area contributed by atoms with Crippen molar-refractivity contribution in [2.75, 3.05) is 7.11 Å². The third-order valence-electron chi connectivity index (χ3n) is 1.63. The number of hydrogen-bond donors (Lipinski definition) is 0. The summed E-state index contributed by atoms with van der Waals surface area (Å²) in [7, 11) is 1.62. The molecule has 0 radical (unpaired) electrons. The van der Waals surface area contributed by atoms with Gasteiger partial charge in [-0.2, -0.15) is 5.26 Å². The molecule has 13 heavy (non-hydrogen) atoms. The molecule has 0 aliphatic carbocycles. The van der Waals surface area contributed by atoms with E-state index in [1.54, 1.807) is 11.2 Å². The number of hydrogen-bond acceptors (Lipinski definition) is 2. The van der Waals surface area contributed by atoms with Crippen LogP contribution in [0.25, 0.3) is 5.57 Å². The molecule has 0 amide bonds. The second-order valence-electron chi connectivity index (χ2n) is 2.36. The van der Waals surface area contributed by atoms with E-state index in [9.17, 15) is 0 Å². The SMILES string of the molecule is COc1ccc(/C(C#N)=C/I)cc1. The highest BCUT2D eigenvalue weighted by Crippen LogP contribution is 2.18. The lowest BCUT2D eigenvalue weighted by molar-refractivity contribution is 0.415. The zero-order valence-electron chi connectivity index (χ0n) is 7.12. The van der Waals surface area contributed by atoms with Crippen LogP contribution < -0.4 is 4.74 Å². The minimum absolute atomic E-state index is 0.670. The second kappa shape index (κ2) is 4.87. The van der Waals surface area contributed by atoms with Gasteiger partial charge < -0.3 is 4.74 Å². The molecular weight excluding hydrogens is 277 g/mol. The van der Waals surface area contributed by atoms with Gasteiger partial charge >= 0.3 is 0 Å². The Labute approximate surface area is 91.0 Å². The van der Waals surface area contributed by atoms with E-state index in [-0.39, 0.29) is 0 Å². The molecule has 3 heteroatoms. The molecule has 0 aliphatic rings. The van der Waals surface area contributed by atoms with Crippen LogP contribution in [0, 0.1) is 11.3 Å². The molecule has 0 heterocycles. The normalized spacial score (nSPS) is 10.7. The van der Waals surface area contributed by atoms with Crippen molar-refractivity contribution >= 4 is 28.2 Å². The van der Waals surface area contributed by atoms with Gasteiger partial charge in [-0.05, 0) is 33.9 Å². The number of halogens is 1. The van der Waals surface area contributed by atoms with Crippen LogP contribution in [0.3, 0.4) is 0 Å². The lowest BCUT2D eigenvalue weighted by Gasteiger charge is -2.00. The summed E-state index contributed by atoms with van der Waals surface area (Å²) in [5.41, 5.74) is 1.58. The first-order chi connectivity index (χ1) is 6.31. The van der Waals surface area contributed by atoms with E-state index >= 15 is 0 Å². The van der Waals surface area contributed by atoms with Gasteiger partial charge in [-0.3, -0.25) is 0 Å². The Morgan fingerprint density at radius 1 is 1.46 bits per heavy atom. The molecule has 0 aliphatic heterocycles. The third kappa shape index (κ3) is 2.46. The Balaban J connectivity index is 3.00. The largest absolute Gasteiger partial charge is 0.497 e. The van der Waals surface area contributed by atoms with Gasteiger partial charge in [0.2, 0.25) is 0 Å². The van der Waals surface area contributed by atoms with E-state index in [1.165, 1.54) is 0 Å². The number of ether oxygens (including phenoxy) is 1. The standard InChI is InChI=1S/C10H8INO/c1-13-10-4-2-8(3-5-10)9(6-11)7-12/h2-6H,1H3/b9-6+. The maximum atomic E-state index is 8.75. The highest BCUT2D eigenvalue weighted by Gasteiger charge is 1.98. The number of nitrogens with zero attached hydrogens (tertiary/aromatic N) is 1. The maximum Gasteiger partial charge on any atom is 0.118 e. The Kier molecular flexibility index (Phi) is 3.77. The number of benzene rings is 1. The first-order valence-electron chi connectivity index (χ1n) is 3.66. The molecule has 0 saturated carbocycles. The molecule has 0 unspecified atom stereocenters. The van der Waals surface area contributed by atoms with Crippen LogP contribution in [0.5, 0.6) is 5.75 Å². The summed E-state index contributed by atoms with van der Waals surface area (Å²) in [6, 6.07) is 9.53. The summed E-state index contributed by atoms with van der Waals surface area (Å²) in [6.45, 7) is 0. The van der Waals surface area contributed by atoms with Gasteiger partial charge in [0.15, 0.2) is 0 Å². The molecular formula is C10H8INO. The average Bonchev–Trinajstić information content (AvgIpc) is 2.21. The molecule has 2 nitrogen and oxygen atoms in total. The van der Waals surface area contributed by atoms with Gasteiger partial charge in [-0.15, -0.1) is 0 Å². The monoisotopic (exact) mass is 285 g/mol. The highest BCUT2D eigenvalue weighted by atomic mass is 127. The van der Waals surface area contributed by atoms with Crippen molar-refractivity contribution in [3.8, 4) is 11.8 Å². The lowest BCUT2D eigenvalue weighted by Crippen LogP contribution is -1.83.